The zero-order chi connectivity index (χ0) is 8.93. The molecule has 1 aliphatic rings. The molecule has 0 amide bonds. The molecule has 1 aliphatic heterocycles. The van der Waals surface area contributed by atoms with Crippen LogP contribution in [-0.4, -0.2) is 12.7 Å². The van der Waals surface area contributed by atoms with Crippen molar-refractivity contribution in [2.75, 3.05) is 6.61 Å². The molecule has 1 atom stereocenters. The van der Waals surface area contributed by atoms with Crippen molar-refractivity contribution in [3.8, 4) is 0 Å². The van der Waals surface area contributed by atoms with Crippen LogP contribution in [-0.2, 0) is 11.2 Å². The summed E-state index contributed by atoms with van der Waals surface area (Å²) in [4.78, 5) is 0. The minimum absolute atomic E-state index is 0.403. The molecule has 1 heterocycles. The zero-order valence-electron chi connectivity index (χ0n) is 7.78. The molecule has 2 rings (SSSR count). The fraction of sp³-hybridized carbons (Fsp3) is 0.417. The molecule has 1 fully saturated rings. The molecular weight excluding hydrogens is 160 g/mol. The molecule has 1 saturated heterocycles. The zero-order valence-corrected chi connectivity index (χ0v) is 7.78. The number of ether oxygens (including phenoxy) is 1. The Morgan fingerprint density at radius 3 is 2.85 bits per heavy atom. The Kier molecular flexibility index (Phi) is 2.98. The molecule has 0 spiro atoms. The van der Waals surface area contributed by atoms with E-state index in [1.165, 1.54) is 18.4 Å². The maximum Gasteiger partial charge on any atom is 0.0611 e. The van der Waals surface area contributed by atoms with Gasteiger partial charge >= 0.3 is 0 Å². The maximum absolute atomic E-state index is 5.52. The lowest BCUT2D eigenvalue weighted by Crippen LogP contribution is -2.06. The minimum Gasteiger partial charge on any atom is -0.378 e. The van der Waals surface area contributed by atoms with Gasteiger partial charge in [-0.05, 0) is 31.2 Å². The Labute approximate surface area is 79.7 Å². The van der Waals surface area contributed by atoms with E-state index in [0.717, 1.165) is 13.0 Å². The first kappa shape index (κ1) is 8.76. The molecular formula is C12H15O. The first-order valence-electron chi connectivity index (χ1n) is 4.94. The highest BCUT2D eigenvalue weighted by Gasteiger charge is 2.14. The summed E-state index contributed by atoms with van der Waals surface area (Å²) < 4.78 is 5.52. The van der Waals surface area contributed by atoms with Crippen molar-refractivity contribution in [2.24, 2.45) is 0 Å². The van der Waals surface area contributed by atoms with E-state index in [1.807, 2.05) is 0 Å². The third-order valence-electron chi connectivity index (χ3n) is 2.42. The van der Waals surface area contributed by atoms with Crippen LogP contribution in [0.4, 0.5) is 0 Å². The summed E-state index contributed by atoms with van der Waals surface area (Å²) in [6.07, 6.45) is 6.14. The fourth-order valence-corrected chi connectivity index (χ4v) is 1.67. The lowest BCUT2D eigenvalue weighted by atomic mass is 10.1. The van der Waals surface area contributed by atoms with E-state index >= 15 is 0 Å². The molecule has 69 valence electrons. The molecule has 1 heteroatoms. The highest BCUT2D eigenvalue weighted by Crippen LogP contribution is 2.16. The van der Waals surface area contributed by atoms with Gasteiger partial charge in [0.05, 0.1) is 6.10 Å². The van der Waals surface area contributed by atoms with E-state index in [1.54, 1.807) is 0 Å². The van der Waals surface area contributed by atoms with Crippen LogP contribution in [0.2, 0.25) is 0 Å². The average molecular weight is 175 g/mol. The monoisotopic (exact) mass is 175 g/mol. The van der Waals surface area contributed by atoms with Crippen LogP contribution >= 0.6 is 0 Å². The number of benzene rings is 1. The van der Waals surface area contributed by atoms with E-state index in [9.17, 15) is 0 Å². The summed E-state index contributed by atoms with van der Waals surface area (Å²) in [5, 5.41) is 0. The van der Waals surface area contributed by atoms with Gasteiger partial charge in [-0.15, -0.1) is 0 Å². The average Bonchev–Trinajstić information content (AvgIpc) is 2.69. The van der Waals surface area contributed by atoms with Gasteiger partial charge in [0.2, 0.25) is 0 Å². The first-order valence-corrected chi connectivity index (χ1v) is 4.94. The topological polar surface area (TPSA) is 9.23 Å². The molecule has 0 N–H and O–H groups in total. The summed E-state index contributed by atoms with van der Waals surface area (Å²) in [5.74, 6) is 0. The lowest BCUT2D eigenvalue weighted by molar-refractivity contribution is 0.132. The summed E-state index contributed by atoms with van der Waals surface area (Å²) in [5.41, 5.74) is 1.37. The van der Waals surface area contributed by atoms with E-state index < -0.39 is 0 Å². The van der Waals surface area contributed by atoms with E-state index in [4.69, 9.17) is 4.74 Å². The Morgan fingerprint density at radius 1 is 1.31 bits per heavy atom. The van der Waals surface area contributed by atoms with Gasteiger partial charge in [-0.25, -0.2) is 0 Å². The Bertz CT molecular complexity index is 237. The molecule has 1 aromatic rings. The second-order valence-corrected chi connectivity index (χ2v) is 3.48. The number of hydrogen-bond donors (Lipinski definition) is 0. The third kappa shape index (κ3) is 2.56. The van der Waals surface area contributed by atoms with Crippen LogP contribution in [0, 0.1) is 6.42 Å². The van der Waals surface area contributed by atoms with Gasteiger partial charge in [-0.1, -0.05) is 30.3 Å². The van der Waals surface area contributed by atoms with Crippen molar-refractivity contribution in [1.82, 2.24) is 0 Å². The van der Waals surface area contributed by atoms with Crippen molar-refractivity contribution < 1.29 is 4.74 Å². The lowest BCUT2D eigenvalue weighted by Gasteiger charge is -2.07. The summed E-state index contributed by atoms with van der Waals surface area (Å²) in [6, 6.07) is 10.5. The highest BCUT2D eigenvalue weighted by atomic mass is 16.5. The van der Waals surface area contributed by atoms with Gasteiger partial charge in [0.15, 0.2) is 0 Å². The molecule has 1 unspecified atom stereocenters. The first-order chi connectivity index (χ1) is 6.45. The Hall–Kier alpha value is -0.820. The predicted molar refractivity (Wildman–Crippen MR) is 53.4 cm³/mol. The normalized spacial score (nSPS) is 22.0. The van der Waals surface area contributed by atoms with Gasteiger partial charge in [0.25, 0.3) is 0 Å². The molecule has 0 saturated carbocycles. The van der Waals surface area contributed by atoms with Crippen molar-refractivity contribution in [3.63, 3.8) is 0 Å². The largest absolute Gasteiger partial charge is 0.378 e. The van der Waals surface area contributed by atoms with Crippen LogP contribution in [0.15, 0.2) is 30.3 Å². The number of hydrogen-bond acceptors (Lipinski definition) is 1. The molecule has 1 aromatic carbocycles. The minimum atomic E-state index is 0.403. The van der Waals surface area contributed by atoms with E-state index in [0.29, 0.717) is 6.10 Å². The van der Waals surface area contributed by atoms with Crippen molar-refractivity contribution in [1.29, 1.82) is 0 Å². The Morgan fingerprint density at radius 2 is 2.15 bits per heavy atom. The van der Waals surface area contributed by atoms with Gasteiger partial charge in [0.1, 0.15) is 0 Å². The Balaban J connectivity index is 1.79. The fourth-order valence-electron chi connectivity index (χ4n) is 1.67. The third-order valence-corrected chi connectivity index (χ3v) is 2.42. The van der Waals surface area contributed by atoms with Gasteiger partial charge in [-0.2, -0.15) is 0 Å². The SMILES string of the molecule is [CH](Cc1ccccc1)C1CCCO1. The second-order valence-electron chi connectivity index (χ2n) is 3.48. The van der Waals surface area contributed by atoms with Gasteiger partial charge in [0, 0.05) is 6.61 Å². The standard InChI is InChI=1S/C12H15O/c1-2-5-11(6-3-1)8-9-12-7-4-10-13-12/h1-3,5-6,9,12H,4,7-8,10H2. The molecule has 1 nitrogen and oxygen atoms in total. The van der Waals surface area contributed by atoms with Crippen LogP contribution in [0.5, 0.6) is 0 Å². The summed E-state index contributed by atoms with van der Waals surface area (Å²) in [7, 11) is 0. The second kappa shape index (κ2) is 4.43. The van der Waals surface area contributed by atoms with Crippen molar-refractivity contribution in [2.45, 2.75) is 25.4 Å². The molecule has 13 heavy (non-hydrogen) atoms. The predicted octanol–water partition coefficient (Wildman–Crippen LogP) is 2.61. The van der Waals surface area contributed by atoms with E-state index in [2.05, 4.69) is 36.8 Å². The summed E-state index contributed by atoms with van der Waals surface area (Å²) >= 11 is 0. The quantitative estimate of drug-likeness (QED) is 0.686. The molecule has 1 radical (unpaired) electrons. The van der Waals surface area contributed by atoms with Crippen molar-refractivity contribution >= 4 is 0 Å². The van der Waals surface area contributed by atoms with E-state index in [-0.39, 0.29) is 0 Å². The molecule has 0 aromatic heterocycles. The molecule has 0 aliphatic carbocycles. The molecule has 0 bridgehead atoms. The maximum atomic E-state index is 5.52. The van der Waals surface area contributed by atoms with Crippen LogP contribution < -0.4 is 0 Å². The van der Waals surface area contributed by atoms with Crippen LogP contribution in [0.3, 0.4) is 0 Å². The van der Waals surface area contributed by atoms with Crippen molar-refractivity contribution in [3.05, 3.63) is 42.3 Å². The summed E-state index contributed by atoms with van der Waals surface area (Å²) in [6.45, 7) is 0.940. The van der Waals surface area contributed by atoms with Gasteiger partial charge < -0.3 is 4.74 Å². The van der Waals surface area contributed by atoms with Crippen LogP contribution in [0.25, 0.3) is 0 Å². The van der Waals surface area contributed by atoms with Crippen LogP contribution in [0.1, 0.15) is 18.4 Å². The number of rotatable bonds is 3. The van der Waals surface area contributed by atoms with Gasteiger partial charge in [-0.3, -0.25) is 0 Å². The highest BCUT2D eigenvalue weighted by molar-refractivity contribution is 5.16. The smallest absolute Gasteiger partial charge is 0.0611 e.